The van der Waals surface area contributed by atoms with Crippen LogP contribution in [0.4, 0.5) is 15.6 Å². The fourth-order valence-electron chi connectivity index (χ4n) is 6.59. The Morgan fingerprint density at radius 3 is 2.76 bits per heavy atom. The fourth-order valence-corrected chi connectivity index (χ4v) is 7.37. The molecule has 16 heteroatoms. The first-order valence-corrected chi connectivity index (χ1v) is 16.6. The van der Waals surface area contributed by atoms with E-state index in [1.165, 1.54) is 21.2 Å². The summed E-state index contributed by atoms with van der Waals surface area (Å²) in [7, 11) is 1.57. The molecule has 0 aliphatic carbocycles. The molecule has 0 unspecified atom stereocenters. The number of carbonyl (C=O) groups is 4. The summed E-state index contributed by atoms with van der Waals surface area (Å²) in [6.07, 6.45) is -0.629. The van der Waals surface area contributed by atoms with Crippen LogP contribution in [0.5, 0.6) is 11.5 Å². The van der Waals surface area contributed by atoms with E-state index in [0.717, 1.165) is 15.8 Å². The van der Waals surface area contributed by atoms with Gasteiger partial charge in [-0.05, 0) is 47.0 Å². The van der Waals surface area contributed by atoms with Crippen molar-refractivity contribution in [3.05, 3.63) is 77.4 Å². The lowest BCUT2D eigenvalue weighted by Crippen LogP contribution is -2.66. The average molecular weight is 696 g/mol. The van der Waals surface area contributed by atoms with Gasteiger partial charge in [-0.15, -0.1) is 0 Å². The van der Waals surface area contributed by atoms with Crippen LogP contribution >= 0.6 is 11.3 Å². The molecule has 3 aromatic carbocycles. The third-order valence-electron chi connectivity index (χ3n) is 8.92. The molecule has 3 aliphatic heterocycles. The smallest absolute Gasteiger partial charge is 0.333 e. The van der Waals surface area contributed by atoms with E-state index in [1.807, 2.05) is 36.4 Å². The predicted octanol–water partition coefficient (Wildman–Crippen LogP) is 2.29. The molecule has 256 valence electrons. The molecule has 50 heavy (non-hydrogen) atoms. The largest absolute Gasteiger partial charge is 0.497 e. The molecular weight excluding hydrogens is 662 g/mol. The number of para-hydroxylation sites is 1. The summed E-state index contributed by atoms with van der Waals surface area (Å²) in [5.74, 6) is 0.249. The number of nitrogens with two attached hydrogens (primary N) is 1. The van der Waals surface area contributed by atoms with Crippen LogP contribution in [0, 0.1) is 11.3 Å². The van der Waals surface area contributed by atoms with Gasteiger partial charge < -0.3 is 35.6 Å². The van der Waals surface area contributed by atoms with Crippen molar-refractivity contribution in [3.8, 4) is 17.6 Å². The minimum Gasteiger partial charge on any atom is -0.497 e. The number of hydrazine groups is 1. The molecule has 4 heterocycles. The summed E-state index contributed by atoms with van der Waals surface area (Å²) < 4.78 is 11.6. The normalized spacial score (nSPS) is 18.6. The Labute approximate surface area is 290 Å². The molecule has 0 bridgehead atoms. The van der Waals surface area contributed by atoms with E-state index < -0.39 is 18.2 Å². The lowest BCUT2D eigenvalue weighted by Gasteiger charge is -2.46. The first-order chi connectivity index (χ1) is 24.2. The van der Waals surface area contributed by atoms with Crippen molar-refractivity contribution in [2.24, 2.45) is 0 Å². The summed E-state index contributed by atoms with van der Waals surface area (Å²) in [5, 5.41) is 18.6. The lowest BCUT2D eigenvalue weighted by atomic mass is 9.99. The second kappa shape index (κ2) is 13.5. The number of methoxy groups -OCH3 is 1. The third-order valence-corrected chi connectivity index (χ3v) is 9.77. The predicted molar refractivity (Wildman–Crippen MR) is 182 cm³/mol. The van der Waals surface area contributed by atoms with Crippen molar-refractivity contribution in [3.63, 3.8) is 0 Å². The highest BCUT2D eigenvalue weighted by Gasteiger charge is 2.52. The Morgan fingerprint density at radius 2 is 1.98 bits per heavy atom. The molecule has 2 fully saturated rings. The second-order valence-electron chi connectivity index (χ2n) is 12.0. The number of nitrogens with zero attached hydrogens (tertiary/aromatic N) is 6. The van der Waals surface area contributed by atoms with Crippen LogP contribution in [0.15, 0.2) is 60.7 Å². The van der Waals surface area contributed by atoms with Gasteiger partial charge >= 0.3 is 6.03 Å². The fraction of sp³-hybridized carbons (Fsp3) is 0.294. The summed E-state index contributed by atoms with van der Waals surface area (Å²) >= 11 is 1.35. The number of fused-ring (bicyclic) bond motifs is 3. The van der Waals surface area contributed by atoms with Crippen LogP contribution < -0.4 is 25.8 Å². The van der Waals surface area contributed by atoms with Gasteiger partial charge in [0.05, 0.1) is 42.2 Å². The number of ether oxygens (including phenoxy) is 2. The zero-order chi connectivity index (χ0) is 34.9. The van der Waals surface area contributed by atoms with E-state index in [4.69, 9.17) is 15.2 Å². The number of anilines is 2. The van der Waals surface area contributed by atoms with Crippen LogP contribution in [0.2, 0.25) is 0 Å². The Hall–Kier alpha value is -5.92. The minimum atomic E-state index is -0.949. The minimum absolute atomic E-state index is 0.0683. The van der Waals surface area contributed by atoms with Crippen LogP contribution in [0.3, 0.4) is 0 Å². The molecule has 1 aromatic heterocycles. The molecule has 15 nitrogen and oxygen atoms in total. The number of piperazine rings is 1. The molecule has 0 radical (unpaired) electrons. The highest BCUT2D eigenvalue weighted by atomic mass is 32.1. The van der Waals surface area contributed by atoms with Crippen LogP contribution in [0.1, 0.15) is 16.7 Å². The molecule has 0 spiro atoms. The summed E-state index contributed by atoms with van der Waals surface area (Å²) in [5.41, 5.74) is 9.48. The molecular formula is C34H33N9O6S. The number of amides is 5. The average Bonchev–Trinajstić information content (AvgIpc) is 3.66. The van der Waals surface area contributed by atoms with Gasteiger partial charge in [0.2, 0.25) is 11.8 Å². The number of hydrogen-bond acceptors (Lipinski definition) is 11. The van der Waals surface area contributed by atoms with E-state index >= 15 is 0 Å². The number of nitrogen functional groups attached to an aromatic ring is 1. The van der Waals surface area contributed by atoms with Gasteiger partial charge in [0.25, 0.3) is 5.91 Å². The van der Waals surface area contributed by atoms with Gasteiger partial charge in [0.1, 0.15) is 30.3 Å². The van der Waals surface area contributed by atoms with Crippen molar-refractivity contribution < 1.29 is 28.7 Å². The summed E-state index contributed by atoms with van der Waals surface area (Å²) in [6.45, 7) is -0.212. The number of nitrogens with one attached hydrogen (secondary N) is 2. The molecule has 3 aliphatic rings. The number of nitriles is 1. The summed E-state index contributed by atoms with van der Waals surface area (Å²) in [6, 6.07) is 18.7. The molecule has 0 saturated carbocycles. The van der Waals surface area contributed by atoms with Crippen LogP contribution in [-0.2, 0) is 33.9 Å². The van der Waals surface area contributed by atoms with Gasteiger partial charge in [-0.25, -0.2) is 14.8 Å². The monoisotopic (exact) mass is 695 g/mol. The highest BCUT2D eigenvalue weighted by molar-refractivity contribution is 7.22. The van der Waals surface area contributed by atoms with E-state index in [9.17, 15) is 24.4 Å². The molecule has 5 amide bonds. The van der Waals surface area contributed by atoms with Crippen molar-refractivity contribution in [1.82, 2.24) is 30.1 Å². The number of thiazole rings is 1. The Balaban J connectivity index is 1.19. The first-order valence-electron chi connectivity index (χ1n) is 15.8. The maximum atomic E-state index is 14.4. The lowest BCUT2D eigenvalue weighted by molar-refractivity contribution is -0.157. The van der Waals surface area contributed by atoms with Crippen LogP contribution in [0.25, 0.3) is 10.2 Å². The topological polar surface area (TPSA) is 186 Å². The second-order valence-corrected chi connectivity index (χ2v) is 13.1. The van der Waals surface area contributed by atoms with E-state index in [-0.39, 0.29) is 63.5 Å². The SMILES string of the molecule is COc1ccc(CNC(=O)N(CC#N)N2CC(=O)N3[C@@H](Cc4ccc5c(c4)NC(=O)CO5)C(=O)N(Cc4cccc5sc(N)nc45)C[C@@H]32)cc1. The molecule has 7 rings (SSSR count). The number of benzene rings is 3. The quantitative estimate of drug-likeness (QED) is 0.220. The molecule has 4 aromatic rings. The molecule has 2 atom stereocenters. The highest BCUT2D eigenvalue weighted by Crippen LogP contribution is 2.34. The number of aromatic nitrogens is 1. The summed E-state index contributed by atoms with van der Waals surface area (Å²) in [4.78, 5) is 61.5. The van der Waals surface area contributed by atoms with Crippen molar-refractivity contribution >= 4 is 56.1 Å². The van der Waals surface area contributed by atoms with E-state index in [2.05, 4.69) is 15.6 Å². The zero-order valence-electron chi connectivity index (χ0n) is 27.0. The third kappa shape index (κ3) is 6.31. The zero-order valence-corrected chi connectivity index (χ0v) is 27.8. The maximum absolute atomic E-state index is 14.4. The van der Waals surface area contributed by atoms with Crippen molar-refractivity contribution in [2.45, 2.75) is 31.7 Å². The van der Waals surface area contributed by atoms with Gasteiger partial charge in [-0.1, -0.05) is 41.7 Å². The first kappa shape index (κ1) is 32.6. The number of urea groups is 1. The number of rotatable bonds is 9. The Bertz CT molecular complexity index is 2030. The van der Waals surface area contributed by atoms with Crippen LogP contribution in [-0.4, -0.2) is 94.1 Å². The van der Waals surface area contributed by atoms with Gasteiger partial charge in [0, 0.05) is 19.5 Å². The Kier molecular flexibility index (Phi) is 8.83. The standard InChI is InChI=1S/C34H33N9O6S/c1-48-23-8-5-20(6-9-23)15-37-34(47)41(12-11-35)42-18-30(45)43-25(14-21-7-10-26-24(13-21)38-28(44)19-49-26)32(46)40(17-29(42)43)16-22-3-2-4-27-31(22)39-33(36)50-27/h2-10,13,25,29H,12,14-19H2,1H3,(H2,36,39)(H,37,47)(H,38,44)/t25-,29+/m0/s1. The number of hydrogen-bond donors (Lipinski definition) is 3. The molecule has 2 saturated heterocycles. The Morgan fingerprint density at radius 1 is 1.18 bits per heavy atom. The van der Waals surface area contributed by atoms with Crippen molar-refractivity contribution in [1.29, 1.82) is 5.26 Å². The van der Waals surface area contributed by atoms with Gasteiger partial charge in [-0.3, -0.25) is 14.4 Å². The van der Waals surface area contributed by atoms with E-state index in [1.54, 1.807) is 47.4 Å². The van der Waals surface area contributed by atoms with Gasteiger partial charge in [-0.2, -0.15) is 10.3 Å². The van der Waals surface area contributed by atoms with Crippen molar-refractivity contribution in [2.75, 3.05) is 44.4 Å². The molecule has 4 N–H and O–H groups in total. The number of carbonyl (C=O) groups excluding carboxylic acids is 4. The maximum Gasteiger partial charge on any atom is 0.333 e. The van der Waals surface area contributed by atoms with Gasteiger partial charge in [0.15, 0.2) is 11.7 Å². The van der Waals surface area contributed by atoms with E-state index in [0.29, 0.717) is 33.4 Å².